The summed E-state index contributed by atoms with van der Waals surface area (Å²) in [6.07, 6.45) is 2.13. The van der Waals surface area contributed by atoms with E-state index in [9.17, 15) is 4.39 Å². The largest absolute Gasteiger partial charge is 0.378 e. The van der Waals surface area contributed by atoms with Gasteiger partial charge in [0.05, 0.1) is 13.2 Å². The predicted molar refractivity (Wildman–Crippen MR) is 130 cm³/mol. The lowest BCUT2D eigenvalue weighted by atomic mass is 10.0. The van der Waals surface area contributed by atoms with Crippen LogP contribution in [-0.4, -0.2) is 67.6 Å². The molecule has 0 amide bonds. The van der Waals surface area contributed by atoms with Crippen LogP contribution in [0.3, 0.4) is 0 Å². The Morgan fingerprint density at radius 3 is 2.15 bits per heavy atom. The number of piperidine rings is 1. The number of hydrogen-bond acceptors (Lipinski definition) is 6. The van der Waals surface area contributed by atoms with Gasteiger partial charge in [0, 0.05) is 49.5 Å². The second kappa shape index (κ2) is 9.61. The van der Waals surface area contributed by atoms with Gasteiger partial charge in [-0.2, -0.15) is 0 Å². The van der Waals surface area contributed by atoms with Crippen LogP contribution in [0.1, 0.15) is 24.0 Å². The zero-order valence-electron chi connectivity index (χ0n) is 19.5. The molecule has 174 valence electrons. The van der Waals surface area contributed by atoms with Gasteiger partial charge in [-0.1, -0.05) is 30.3 Å². The normalized spacial score (nSPS) is 17.8. The van der Waals surface area contributed by atoms with E-state index in [-0.39, 0.29) is 5.82 Å². The van der Waals surface area contributed by atoms with Crippen LogP contribution in [-0.2, 0) is 11.3 Å². The summed E-state index contributed by atoms with van der Waals surface area (Å²) in [5.41, 5.74) is 2.21. The van der Waals surface area contributed by atoms with Gasteiger partial charge in [0.1, 0.15) is 5.82 Å². The van der Waals surface area contributed by atoms with Gasteiger partial charge >= 0.3 is 0 Å². The standard InChI is InChI=1S/C26H32FN5O/c1-19-17-21(27)8-7-20(19)18-30(2)22-9-11-31(12-10-22)25-23-5-3-4-6-24(23)26(29-28-25)32-13-15-33-16-14-32/h3-8,17,22H,9-16,18H2,1-2H3. The fraction of sp³-hybridized carbons (Fsp3) is 0.462. The van der Waals surface area contributed by atoms with E-state index in [1.165, 1.54) is 10.9 Å². The first-order valence-electron chi connectivity index (χ1n) is 11.9. The minimum Gasteiger partial charge on any atom is -0.378 e. The van der Waals surface area contributed by atoms with Crippen LogP contribution in [0.15, 0.2) is 42.5 Å². The molecular formula is C26H32FN5O. The zero-order valence-corrected chi connectivity index (χ0v) is 19.5. The molecule has 0 atom stereocenters. The SMILES string of the molecule is Cc1cc(F)ccc1CN(C)C1CCN(c2nnc(N3CCOCC3)c3ccccc23)CC1. The number of halogens is 1. The molecule has 5 rings (SSSR count). The number of anilines is 2. The fourth-order valence-electron chi connectivity index (χ4n) is 5.07. The van der Waals surface area contributed by atoms with Gasteiger partial charge in [-0.3, -0.25) is 4.90 Å². The van der Waals surface area contributed by atoms with E-state index in [0.29, 0.717) is 6.04 Å². The summed E-state index contributed by atoms with van der Waals surface area (Å²) in [7, 11) is 2.18. The fourth-order valence-corrected chi connectivity index (χ4v) is 5.07. The van der Waals surface area contributed by atoms with Gasteiger partial charge in [-0.15, -0.1) is 10.2 Å². The quantitative estimate of drug-likeness (QED) is 0.586. The maximum Gasteiger partial charge on any atom is 0.159 e. The Hall–Kier alpha value is -2.77. The van der Waals surface area contributed by atoms with Crippen LogP contribution < -0.4 is 9.80 Å². The molecular weight excluding hydrogens is 417 g/mol. The van der Waals surface area contributed by atoms with Crippen molar-refractivity contribution in [3.63, 3.8) is 0 Å². The molecule has 0 saturated carbocycles. The molecule has 3 heterocycles. The number of ether oxygens (including phenoxy) is 1. The van der Waals surface area contributed by atoms with E-state index in [1.807, 2.05) is 13.0 Å². The summed E-state index contributed by atoms with van der Waals surface area (Å²) >= 11 is 0. The minimum atomic E-state index is -0.166. The number of aryl methyl sites for hydroxylation is 1. The molecule has 0 bridgehead atoms. The molecule has 0 radical (unpaired) electrons. The molecule has 2 fully saturated rings. The van der Waals surface area contributed by atoms with Crippen LogP contribution in [0.25, 0.3) is 10.8 Å². The van der Waals surface area contributed by atoms with E-state index in [0.717, 1.165) is 81.4 Å². The van der Waals surface area contributed by atoms with Crippen molar-refractivity contribution in [1.82, 2.24) is 15.1 Å². The van der Waals surface area contributed by atoms with Crippen LogP contribution in [0.5, 0.6) is 0 Å². The lowest BCUT2D eigenvalue weighted by molar-refractivity contribution is 0.122. The summed E-state index contributed by atoms with van der Waals surface area (Å²) in [6, 6.07) is 14.1. The van der Waals surface area contributed by atoms with Gasteiger partial charge in [0.25, 0.3) is 0 Å². The molecule has 2 aromatic carbocycles. The van der Waals surface area contributed by atoms with Crippen molar-refractivity contribution >= 4 is 22.4 Å². The van der Waals surface area contributed by atoms with Crippen molar-refractivity contribution in [2.45, 2.75) is 32.4 Å². The van der Waals surface area contributed by atoms with Gasteiger partial charge in [0.15, 0.2) is 11.6 Å². The second-order valence-corrected chi connectivity index (χ2v) is 9.20. The second-order valence-electron chi connectivity index (χ2n) is 9.20. The molecule has 1 aromatic heterocycles. The number of rotatable bonds is 5. The third-order valence-corrected chi connectivity index (χ3v) is 7.07. The molecule has 33 heavy (non-hydrogen) atoms. The highest BCUT2D eigenvalue weighted by Gasteiger charge is 2.26. The lowest BCUT2D eigenvalue weighted by Gasteiger charge is -2.38. The molecule has 0 N–H and O–H groups in total. The minimum absolute atomic E-state index is 0.166. The van der Waals surface area contributed by atoms with Crippen molar-refractivity contribution in [3.05, 3.63) is 59.4 Å². The molecule has 2 saturated heterocycles. The van der Waals surface area contributed by atoms with Crippen LogP contribution >= 0.6 is 0 Å². The first-order valence-corrected chi connectivity index (χ1v) is 11.9. The van der Waals surface area contributed by atoms with E-state index in [2.05, 4.69) is 51.1 Å². The molecule has 6 nitrogen and oxygen atoms in total. The van der Waals surface area contributed by atoms with Crippen molar-refractivity contribution in [1.29, 1.82) is 0 Å². The number of fused-ring (bicyclic) bond motifs is 1. The van der Waals surface area contributed by atoms with E-state index >= 15 is 0 Å². The van der Waals surface area contributed by atoms with Crippen LogP contribution in [0.2, 0.25) is 0 Å². The number of aromatic nitrogens is 2. The third kappa shape index (κ3) is 4.66. The van der Waals surface area contributed by atoms with Crippen molar-refractivity contribution < 1.29 is 9.13 Å². The molecule has 0 unspecified atom stereocenters. The molecule has 2 aliphatic rings. The third-order valence-electron chi connectivity index (χ3n) is 7.07. The maximum atomic E-state index is 13.4. The Labute approximate surface area is 195 Å². The van der Waals surface area contributed by atoms with Gasteiger partial charge in [-0.25, -0.2) is 4.39 Å². The Kier molecular flexibility index (Phi) is 6.42. The zero-order chi connectivity index (χ0) is 22.8. The van der Waals surface area contributed by atoms with Gasteiger partial charge in [0.2, 0.25) is 0 Å². The molecule has 7 heteroatoms. The maximum absolute atomic E-state index is 13.4. The number of morpholine rings is 1. The monoisotopic (exact) mass is 449 g/mol. The molecule has 0 spiro atoms. The van der Waals surface area contributed by atoms with Crippen molar-refractivity contribution in [3.8, 4) is 0 Å². The van der Waals surface area contributed by atoms with E-state index in [4.69, 9.17) is 9.84 Å². The summed E-state index contributed by atoms with van der Waals surface area (Å²) in [6.45, 7) is 7.89. The molecule has 3 aromatic rings. The average molecular weight is 450 g/mol. The highest BCUT2D eigenvalue weighted by molar-refractivity contribution is 5.99. The van der Waals surface area contributed by atoms with Gasteiger partial charge < -0.3 is 14.5 Å². The summed E-state index contributed by atoms with van der Waals surface area (Å²) < 4.78 is 19.0. The Morgan fingerprint density at radius 2 is 1.55 bits per heavy atom. The topological polar surface area (TPSA) is 44.7 Å². The highest BCUT2D eigenvalue weighted by Crippen LogP contribution is 2.32. The molecule has 2 aliphatic heterocycles. The predicted octanol–water partition coefficient (Wildman–Crippen LogP) is 4.01. The Morgan fingerprint density at radius 1 is 0.939 bits per heavy atom. The molecule has 0 aliphatic carbocycles. The Balaban J connectivity index is 1.29. The first kappa shape index (κ1) is 22.0. The van der Waals surface area contributed by atoms with Gasteiger partial charge in [-0.05, 0) is 50.1 Å². The number of benzene rings is 2. The Bertz CT molecular complexity index is 1110. The first-order chi connectivity index (χ1) is 16.1. The smallest absolute Gasteiger partial charge is 0.159 e. The number of nitrogens with zero attached hydrogens (tertiary/aromatic N) is 5. The van der Waals surface area contributed by atoms with Crippen LogP contribution in [0.4, 0.5) is 16.0 Å². The highest BCUT2D eigenvalue weighted by atomic mass is 19.1. The van der Waals surface area contributed by atoms with Crippen LogP contribution in [0, 0.1) is 12.7 Å². The summed E-state index contributed by atoms with van der Waals surface area (Å²) in [4.78, 5) is 7.07. The van der Waals surface area contributed by atoms with E-state index in [1.54, 1.807) is 12.1 Å². The summed E-state index contributed by atoms with van der Waals surface area (Å²) in [5.74, 6) is 1.78. The van der Waals surface area contributed by atoms with Crippen molar-refractivity contribution in [2.24, 2.45) is 0 Å². The average Bonchev–Trinajstić information content (AvgIpc) is 2.86. The summed E-state index contributed by atoms with van der Waals surface area (Å²) in [5, 5.41) is 11.7. The van der Waals surface area contributed by atoms with E-state index < -0.39 is 0 Å². The van der Waals surface area contributed by atoms with Crippen molar-refractivity contribution in [2.75, 3.05) is 56.2 Å². The number of hydrogen-bond donors (Lipinski definition) is 0. The lowest BCUT2D eigenvalue weighted by Crippen LogP contribution is -2.43.